The van der Waals surface area contributed by atoms with Crippen molar-refractivity contribution in [2.24, 2.45) is 0 Å². The first-order valence-electron chi connectivity index (χ1n) is 7.25. The largest absolute Gasteiger partial charge is 0.496 e. The average Bonchev–Trinajstić information content (AvgIpc) is 3.21. The van der Waals surface area contributed by atoms with E-state index in [9.17, 15) is 0 Å². The van der Waals surface area contributed by atoms with E-state index in [-0.39, 0.29) is 0 Å². The highest BCUT2D eigenvalue weighted by Crippen LogP contribution is 2.29. The van der Waals surface area contributed by atoms with Crippen LogP contribution in [0.5, 0.6) is 5.75 Å². The van der Waals surface area contributed by atoms with Gasteiger partial charge in [-0.25, -0.2) is 14.2 Å². The minimum absolute atomic E-state index is 0.777. The van der Waals surface area contributed by atoms with E-state index in [1.165, 1.54) is 0 Å². The van der Waals surface area contributed by atoms with Crippen LogP contribution in [-0.2, 0) is 0 Å². The molecule has 3 aromatic heterocycles. The van der Waals surface area contributed by atoms with E-state index in [1.54, 1.807) is 22.5 Å². The highest BCUT2D eigenvalue weighted by atomic mass is 16.5. The van der Waals surface area contributed by atoms with Gasteiger partial charge in [-0.15, -0.1) is 0 Å². The zero-order valence-electron chi connectivity index (χ0n) is 12.8. The maximum absolute atomic E-state index is 5.42. The smallest absolute Gasteiger partial charge is 0.181 e. The van der Waals surface area contributed by atoms with Gasteiger partial charge >= 0.3 is 0 Å². The van der Waals surface area contributed by atoms with Gasteiger partial charge in [-0.05, 0) is 19.1 Å². The Bertz CT molecular complexity index is 985. The van der Waals surface area contributed by atoms with Crippen molar-refractivity contribution in [1.29, 1.82) is 0 Å². The highest BCUT2D eigenvalue weighted by Gasteiger charge is 2.12. The Labute approximate surface area is 133 Å². The van der Waals surface area contributed by atoms with Crippen molar-refractivity contribution in [1.82, 2.24) is 24.4 Å². The van der Waals surface area contributed by atoms with E-state index in [1.807, 2.05) is 55.8 Å². The lowest BCUT2D eigenvalue weighted by atomic mass is 10.1. The lowest BCUT2D eigenvalue weighted by molar-refractivity contribution is 0.416. The summed E-state index contributed by atoms with van der Waals surface area (Å²) in [7, 11) is 1.67. The second-order valence-corrected chi connectivity index (χ2v) is 5.24. The number of nitrogens with zero attached hydrogens (tertiary/aromatic N) is 5. The number of hydrogen-bond donors (Lipinski definition) is 0. The summed E-state index contributed by atoms with van der Waals surface area (Å²) in [6.45, 7) is 1.96. The van der Waals surface area contributed by atoms with Gasteiger partial charge in [-0.3, -0.25) is 0 Å². The molecule has 23 heavy (non-hydrogen) atoms. The number of rotatable bonds is 3. The standard InChI is InChI=1S/C17H15N5O/c1-12-7-8-21-17(20-12)15(10-19-21)22-11-13(9-18-22)14-5-3-4-6-16(14)23-2/h3-11H,1-2H3. The zero-order valence-corrected chi connectivity index (χ0v) is 12.8. The molecule has 0 spiro atoms. The number of aromatic nitrogens is 5. The summed E-state index contributed by atoms with van der Waals surface area (Å²) >= 11 is 0. The Morgan fingerprint density at radius 2 is 1.91 bits per heavy atom. The fourth-order valence-corrected chi connectivity index (χ4v) is 2.59. The number of benzene rings is 1. The van der Waals surface area contributed by atoms with Gasteiger partial charge in [0.2, 0.25) is 0 Å². The van der Waals surface area contributed by atoms with Crippen LogP contribution in [0.1, 0.15) is 5.69 Å². The van der Waals surface area contributed by atoms with Crippen LogP contribution in [0, 0.1) is 6.92 Å². The van der Waals surface area contributed by atoms with Crippen molar-refractivity contribution in [2.75, 3.05) is 7.11 Å². The average molecular weight is 305 g/mol. The second-order valence-electron chi connectivity index (χ2n) is 5.24. The monoisotopic (exact) mass is 305 g/mol. The van der Waals surface area contributed by atoms with Gasteiger partial charge in [-0.1, -0.05) is 18.2 Å². The van der Waals surface area contributed by atoms with Gasteiger partial charge in [0.25, 0.3) is 0 Å². The fourth-order valence-electron chi connectivity index (χ4n) is 2.59. The third kappa shape index (κ3) is 2.24. The lowest BCUT2D eigenvalue weighted by Gasteiger charge is -2.05. The number of hydrogen-bond acceptors (Lipinski definition) is 4. The number of aryl methyl sites for hydroxylation is 1. The molecule has 0 fully saturated rings. The molecule has 6 nitrogen and oxygen atoms in total. The summed E-state index contributed by atoms with van der Waals surface area (Å²) in [4.78, 5) is 4.54. The number of ether oxygens (including phenoxy) is 1. The molecule has 4 rings (SSSR count). The molecule has 0 bridgehead atoms. The number of fused-ring (bicyclic) bond motifs is 1. The molecule has 0 aliphatic rings. The molecule has 6 heteroatoms. The maximum atomic E-state index is 5.42. The van der Waals surface area contributed by atoms with Gasteiger partial charge in [-0.2, -0.15) is 10.2 Å². The van der Waals surface area contributed by atoms with E-state index < -0.39 is 0 Å². The molecule has 0 atom stereocenters. The molecule has 0 saturated carbocycles. The van der Waals surface area contributed by atoms with Gasteiger partial charge in [0.05, 0.1) is 19.5 Å². The normalized spacial score (nSPS) is 11.0. The van der Waals surface area contributed by atoms with Crippen LogP contribution in [0.15, 0.2) is 55.1 Å². The number of methoxy groups -OCH3 is 1. The van der Waals surface area contributed by atoms with E-state index in [4.69, 9.17) is 4.74 Å². The number of para-hydroxylation sites is 1. The van der Waals surface area contributed by atoms with Crippen molar-refractivity contribution >= 4 is 5.65 Å². The molecule has 0 N–H and O–H groups in total. The van der Waals surface area contributed by atoms with Gasteiger partial charge in [0.15, 0.2) is 5.65 Å². The Morgan fingerprint density at radius 3 is 2.78 bits per heavy atom. The predicted octanol–water partition coefficient (Wildman–Crippen LogP) is 2.90. The van der Waals surface area contributed by atoms with Crippen molar-refractivity contribution in [3.05, 3.63) is 60.8 Å². The molecule has 0 aliphatic heterocycles. The van der Waals surface area contributed by atoms with Crippen LogP contribution in [0.25, 0.3) is 22.5 Å². The molecular weight excluding hydrogens is 290 g/mol. The third-order valence-corrected chi connectivity index (χ3v) is 3.74. The topological polar surface area (TPSA) is 57.2 Å². The van der Waals surface area contributed by atoms with Gasteiger partial charge in [0, 0.05) is 29.2 Å². The summed E-state index contributed by atoms with van der Waals surface area (Å²) in [5.41, 5.74) is 4.54. The zero-order chi connectivity index (χ0) is 15.8. The predicted molar refractivity (Wildman–Crippen MR) is 86.8 cm³/mol. The molecule has 4 aromatic rings. The fraction of sp³-hybridized carbons (Fsp3) is 0.118. The maximum Gasteiger partial charge on any atom is 0.181 e. The molecule has 114 valence electrons. The Hall–Kier alpha value is -3.15. The minimum atomic E-state index is 0.777. The summed E-state index contributed by atoms with van der Waals surface area (Å²) in [5, 5.41) is 8.78. The van der Waals surface area contributed by atoms with Crippen molar-refractivity contribution < 1.29 is 4.74 Å². The van der Waals surface area contributed by atoms with Crippen molar-refractivity contribution in [2.45, 2.75) is 6.92 Å². The molecule has 3 heterocycles. The van der Waals surface area contributed by atoms with Crippen LogP contribution in [-0.4, -0.2) is 31.5 Å². The van der Waals surface area contributed by atoms with Crippen LogP contribution in [0.2, 0.25) is 0 Å². The third-order valence-electron chi connectivity index (χ3n) is 3.74. The first-order chi connectivity index (χ1) is 11.3. The van der Waals surface area contributed by atoms with E-state index in [0.29, 0.717) is 0 Å². The first kappa shape index (κ1) is 13.5. The minimum Gasteiger partial charge on any atom is -0.496 e. The quantitative estimate of drug-likeness (QED) is 0.584. The summed E-state index contributed by atoms with van der Waals surface area (Å²) in [5.74, 6) is 0.820. The molecule has 0 saturated heterocycles. The van der Waals surface area contributed by atoms with Crippen LogP contribution >= 0.6 is 0 Å². The Balaban J connectivity index is 1.82. The molecule has 0 amide bonds. The summed E-state index contributed by atoms with van der Waals surface area (Å²) < 4.78 is 8.95. The second kappa shape index (κ2) is 5.24. The van der Waals surface area contributed by atoms with Crippen LogP contribution < -0.4 is 4.74 Å². The van der Waals surface area contributed by atoms with Crippen LogP contribution in [0.3, 0.4) is 0 Å². The summed E-state index contributed by atoms with van der Waals surface area (Å²) in [6, 6.07) is 9.80. The molecular formula is C17H15N5O. The van der Waals surface area contributed by atoms with E-state index >= 15 is 0 Å². The van der Waals surface area contributed by atoms with Crippen LogP contribution in [0.4, 0.5) is 0 Å². The highest BCUT2D eigenvalue weighted by molar-refractivity contribution is 5.70. The lowest BCUT2D eigenvalue weighted by Crippen LogP contribution is -1.97. The SMILES string of the molecule is COc1ccccc1-c1cnn(-c2cnn3ccc(C)nc23)c1. The summed E-state index contributed by atoms with van der Waals surface area (Å²) in [6.07, 6.45) is 7.43. The van der Waals surface area contributed by atoms with E-state index in [0.717, 1.165) is 33.9 Å². The van der Waals surface area contributed by atoms with Crippen molar-refractivity contribution in [3.8, 4) is 22.6 Å². The molecule has 0 aliphatic carbocycles. The molecule has 0 unspecified atom stereocenters. The van der Waals surface area contributed by atoms with Crippen molar-refractivity contribution in [3.63, 3.8) is 0 Å². The molecule has 0 radical (unpaired) electrons. The van der Waals surface area contributed by atoms with E-state index in [2.05, 4.69) is 15.2 Å². The van der Waals surface area contributed by atoms with Gasteiger partial charge < -0.3 is 4.74 Å². The Morgan fingerprint density at radius 1 is 1.04 bits per heavy atom. The van der Waals surface area contributed by atoms with Gasteiger partial charge in [0.1, 0.15) is 11.4 Å². The molecule has 1 aromatic carbocycles. The first-order valence-corrected chi connectivity index (χ1v) is 7.25. The Kier molecular flexibility index (Phi) is 3.08.